The van der Waals surface area contributed by atoms with Crippen molar-refractivity contribution >= 4 is 5.97 Å². The Bertz CT molecular complexity index is 388. The summed E-state index contributed by atoms with van der Waals surface area (Å²) >= 11 is 0. The van der Waals surface area contributed by atoms with Gasteiger partial charge in [-0.05, 0) is 18.8 Å². The Kier molecular flexibility index (Phi) is 5.77. The maximum atomic E-state index is 10.8. The van der Waals surface area contributed by atoms with Crippen molar-refractivity contribution in [3.8, 4) is 0 Å². The maximum absolute atomic E-state index is 10.8. The first-order valence-electron chi connectivity index (χ1n) is 6.19. The van der Waals surface area contributed by atoms with Crippen LogP contribution in [0.1, 0.15) is 44.0 Å². The number of ether oxygens (including phenoxy) is 1. The highest BCUT2D eigenvalue weighted by Gasteiger charge is 2.17. The molecule has 1 N–H and O–H groups in total. The van der Waals surface area contributed by atoms with Gasteiger partial charge in [0, 0.05) is 20.3 Å². The van der Waals surface area contributed by atoms with Crippen LogP contribution in [0.3, 0.4) is 0 Å². The third-order valence-electron chi connectivity index (χ3n) is 2.68. The van der Waals surface area contributed by atoms with Crippen molar-refractivity contribution in [3.63, 3.8) is 0 Å². The quantitative estimate of drug-likeness (QED) is 0.711. The summed E-state index contributed by atoms with van der Waals surface area (Å²) in [6, 6.07) is 0. The molecule has 6 nitrogen and oxygen atoms in total. The van der Waals surface area contributed by atoms with Crippen molar-refractivity contribution < 1.29 is 14.6 Å². The molecule has 6 heteroatoms. The number of carboxylic acids is 1. The summed E-state index contributed by atoms with van der Waals surface area (Å²) in [5, 5.41) is 16.9. The number of hydrogen-bond donors (Lipinski definition) is 1. The molecule has 0 saturated heterocycles. The van der Waals surface area contributed by atoms with E-state index in [1.54, 1.807) is 7.11 Å². The number of hydrogen-bond acceptors (Lipinski definition) is 4. The van der Waals surface area contributed by atoms with Crippen LogP contribution in [0.4, 0.5) is 0 Å². The van der Waals surface area contributed by atoms with Crippen LogP contribution in [0, 0.1) is 0 Å². The van der Waals surface area contributed by atoms with Crippen molar-refractivity contribution in [2.75, 3.05) is 13.7 Å². The molecule has 0 aromatic carbocycles. The van der Waals surface area contributed by atoms with E-state index >= 15 is 0 Å². The second-order valence-electron chi connectivity index (χ2n) is 4.57. The van der Waals surface area contributed by atoms with Crippen LogP contribution in [0.15, 0.2) is 0 Å². The van der Waals surface area contributed by atoms with Crippen LogP contribution in [0.25, 0.3) is 0 Å². The fourth-order valence-corrected chi connectivity index (χ4v) is 1.93. The van der Waals surface area contributed by atoms with Crippen molar-refractivity contribution in [1.29, 1.82) is 0 Å². The highest BCUT2D eigenvalue weighted by atomic mass is 16.5. The predicted octanol–water partition coefficient (Wildman–Crippen LogP) is 1.46. The van der Waals surface area contributed by atoms with Gasteiger partial charge in [0.2, 0.25) is 0 Å². The summed E-state index contributed by atoms with van der Waals surface area (Å²) in [4.78, 5) is 10.8. The number of carbonyl (C=O) groups is 1. The van der Waals surface area contributed by atoms with Crippen molar-refractivity contribution in [2.45, 2.75) is 45.6 Å². The summed E-state index contributed by atoms with van der Waals surface area (Å²) in [7, 11) is 1.68. The summed E-state index contributed by atoms with van der Waals surface area (Å²) in [6.45, 7) is 5.53. The standard InChI is InChI=1S/C12H21N3O3/c1-9(2)12-10(8-11(16)17)13-14-15(12)6-4-5-7-18-3/h9H,4-8H2,1-3H3,(H,16,17). The van der Waals surface area contributed by atoms with E-state index in [-0.39, 0.29) is 12.3 Å². The number of methoxy groups -OCH3 is 1. The van der Waals surface area contributed by atoms with Crippen LogP contribution >= 0.6 is 0 Å². The number of nitrogens with zero attached hydrogens (tertiary/aromatic N) is 3. The van der Waals surface area contributed by atoms with E-state index in [0.29, 0.717) is 5.69 Å². The molecule has 18 heavy (non-hydrogen) atoms. The van der Waals surface area contributed by atoms with Gasteiger partial charge in [-0.2, -0.15) is 0 Å². The summed E-state index contributed by atoms with van der Waals surface area (Å²) in [5.74, 6) is -0.653. The molecule has 1 rings (SSSR count). The molecule has 0 aliphatic rings. The molecular weight excluding hydrogens is 234 g/mol. The molecule has 1 aromatic rings. The lowest BCUT2D eigenvalue weighted by molar-refractivity contribution is -0.136. The highest BCUT2D eigenvalue weighted by Crippen LogP contribution is 2.18. The van der Waals surface area contributed by atoms with Gasteiger partial charge in [0.05, 0.1) is 17.8 Å². The van der Waals surface area contributed by atoms with Gasteiger partial charge in [-0.1, -0.05) is 19.1 Å². The molecule has 0 atom stereocenters. The maximum Gasteiger partial charge on any atom is 0.309 e. The Labute approximate surface area is 107 Å². The first kappa shape index (κ1) is 14.6. The minimum absolute atomic E-state index is 0.0639. The van der Waals surface area contributed by atoms with Crippen LogP contribution in [-0.2, 0) is 22.5 Å². The molecule has 0 bridgehead atoms. The van der Waals surface area contributed by atoms with E-state index in [9.17, 15) is 4.79 Å². The fourth-order valence-electron chi connectivity index (χ4n) is 1.93. The molecule has 0 radical (unpaired) electrons. The molecule has 0 amide bonds. The monoisotopic (exact) mass is 255 g/mol. The number of aromatic nitrogens is 3. The summed E-state index contributed by atoms with van der Waals surface area (Å²) in [6.07, 6.45) is 1.84. The van der Waals surface area contributed by atoms with Gasteiger partial charge in [-0.3, -0.25) is 4.79 Å². The normalized spacial score (nSPS) is 11.1. The van der Waals surface area contributed by atoms with Gasteiger partial charge >= 0.3 is 5.97 Å². The zero-order chi connectivity index (χ0) is 13.5. The van der Waals surface area contributed by atoms with Crippen LogP contribution in [-0.4, -0.2) is 39.8 Å². The van der Waals surface area contributed by atoms with Gasteiger partial charge in [-0.25, -0.2) is 4.68 Å². The lowest BCUT2D eigenvalue weighted by Gasteiger charge is -2.10. The number of unbranched alkanes of at least 4 members (excludes halogenated alkanes) is 1. The molecule has 0 unspecified atom stereocenters. The number of aliphatic carboxylic acids is 1. The smallest absolute Gasteiger partial charge is 0.309 e. The van der Waals surface area contributed by atoms with E-state index in [1.165, 1.54) is 0 Å². The second-order valence-corrected chi connectivity index (χ2v) is 4.57. The van der Waals surface area contributed by atoms with Crippen molar-refractivity contribution in [2.24, 2.45) is 0 Å². The molecule has 1 aromatic heterocycles. The molecule has 102 valence electrons. The molecule has 0 aliphatic carbocycles. The Morgan fingerprint density at radius 2 is 2.17 bits per heavy atom. The number of rotatable bonds is 8. The van der Waals surface area contributed by atoms with Gasteiger partial charge in [0.25, 0.3) is 0 Å². The van der Waals surface area contributed by atoms with E-state index in [1.807, 2.05) is 18.5 Å². The lowest BCUT2D eigenvalue weighted by atomic mass is 10.1. The summed E-state index contributed by atoms with van der Waals surface area (Å²) in [5.41, 5.74) is 1.50. The van der Waals surface area contributed by atoms with Crippen LogP contribution in [0.2, 0.25) is 0 Å². The molecule has 0 aliphatic heterocycles. The molecular formula is C12H21N3O3. The van der Waals surface area contributed by atoms with Crippen LogP contribution in [0.5, 0.6) is 0 Å². The Hall–Kier alpha value is -1.43. The van der Waals surface area contributed by atoms with Crippen LogP contribution < -0.4 is 0 Å². The van der Waals surface area contributed by atoms with Gasteiger partial charge < -0.3 is 9.84 Å². The first-order chi connectivity index (χ1) is 8.56. The van der Waals surface area contributed by atoms with Crippen molar-refractivity contribution in [3.05, 3.63) is 11.4 Å². The fraction of sp³-hybridized carbons (Fsp3) is 0.750. The zero-order valence-corrected chi connectivity index (χ0v) is 11.2. The average molecular weight is 255 g/mol. The van der Waals surface area contributed by atoms with E-state index < -0.39 is 5.97 Å². The molecule has 0 spiro atoms. The topological polar surface area (TPSA) is 77.2 Å². The third kappa shape index (κ3) is 4.10. The van der Waals surface area contributed by atoms with Gasteiger partial charge in [-0.15, -0.1) is 5.10 Å². The zero-order valence-electron chi connectivity index (χ0n) is 11.2. The molecule has 1 heterocycles. The minimum Gasteiger partial charge on any atom is -0.481 e. The van der Waals surface area contributed by atoms with E-state index in [2.05, 4.69) is 10.3 Å². The average Bonchev–Trinajstić information content (AvgIpc) is 2.66. The molecule has 0 saturated carbocycles. The lowest BCUT2D eigenvalue weighted by Crippen LogP contribution is -2.10. The minimum atomic E-state index is -0.872. The van der Waals surface area contributed by atoms with E-state index in [4.69, 9.17) is 9.84 Å². The van der Waals surface area contributed by atoms with Gasteiger partial charge in [0.1, 0.15) is 0 Å². The Morgan fingerprint density at radius 1 is 1.44 bits per heavy atom. The Morgan fingerprint density at radius 3 is 2.72 bits per heavy atom. The number of aryl methyl sites for hydroxylation is 1. The van der Waals surface area contributed by atoms with Crippen molar-refractivity contribution in [1.82, 2.24) is 15.0 Å². The SMILES string of the molecule is COCCCCn1nnc(CC(=O)O)c1C(C)C. The first-order valence-corrected chi connectivity index (χ1v) is 6.19. The third-order valence-corrected chi connectivity index (χ3v) is 2.68. The summed E-state index contributed by atoms with van der Waals surface area (Å²) < 4.78 is 6.81. The molecule has 0 fully saturated rings. The Balaban J connectivity index is 2.72. The van der Waals surface area contributed by atoms with Gasteiger partial charge in [0.15, 0.2) is 0 Å². The highest BCUT2D eigenvalue weighted by molar-refractivity contribution is 5.69. The van der Waals surface area contributed by atoms with E-state index in [0.717, 1.165) is 31.7 Å². The largest absolute Gasteiger partial charge is 0.481 e. The second kappa shape index (κ2) is 7.10. The number of carboxylic acid groups (broad SMARTS) is 1. The predicted molar refractivity (Wildman–Crippen MR) is 66.6 cm³/mol.